The average molecular weight is 645 g/mol. The first-order chi connectivity index (χ1) is 19.6. The molecule has 0 aromatic heterocycles. The van der Waals surface area contributed by atoms with Crippen molar-refractivity contribution in [2.45, 2.75) is 56.9 Å². The van der Waals surface area contributed by atoms with E-state index in [2.05, 4.69) is 5.32 Å². The van der Waals surface area contributed by atoms with Gasteiger partial charge in [0.2, 0.25) is 11.8 Å². The van der Waals surface area contributed by atoms with Crippen LogP contribution in [-0.2, 0) is 32.3 Å². The third-order valence-electron chi connectivity index (χ3n) is 6.59. The van der Waals surface area contributed by atoms with Gasteiger partial charge in [-0.15, -0.1) is 0 Å². The number of rotatable bonds is 11. The van der Waals surface area contributed by atoms with Crippen LogP contribution < -0.4 is 9.62 Å². The van der Waals surface area contributed by atoms with Crippen LogP contribution in [-0.4, -0.2) is 43.8 Å². The van der Waals surface area contributed by atoms with Crippen LogP contribution in [0, 0.1) is 0 Å². The zero-order valence-corrected chi connectivity index (χ0v) is 25.4. The van der Waals surface area contributed by atoms with Gasteiger partial charge in [-0.25, -0.2) is 8.42 Å². The van der Waals surface area contributed by atoms with Crippen molar-refractivity contribution in [2.24, 2.45) is 0 Å². The van der Waals surface area contributed by atoms with E-state index in [-0.39, 0.29) is 17.5 Å². The highest BCUT2D eigenvalue weighted by Crippen LogP contribution is 2.38. The molecule has 0 spiro atoms. The number of alkyl halides is 3. The molecule has 0 fully saturated rings. The van der Waals surface area contributed by atoms with Gasteiger partial charge in [0.15, 0.2) is 0 Å². The van der Waals surface area contributed by atoms with Crippen LogP contribution in [0.3, 0.4) is 0 Å². The summed E-state index contributed by atoms with van der Waals surface area (Å²) in [6.45, 7) is 4.16. The molecule has 1 N–H and O–H groups in total. The molecule has 3 aromatic rings. The normalized spacial score (nSPS) is 13.2. The highest BCUT2D eigenvalue weighted by Gasteiger charge is 2.37. The Bertz CT molecular complexity index is 1500. The fourth-order valence-electron chi connectivity index (χ4n) is 3.97. The van der Waals surface area contributed by atoms with Crippen LogP contribution in [0.4, 0.5) is 18.9 Å². The van der Waals surface area contributed by atoms with E-state index in [9.17, 15) is 31.2 Å². The molecule has 2 amide bonds. The molecule has 7 nitrogen and oxygen atoms in total. The molecule has 0 radical (unpaired) electrons. The second kappa shape index (κ2) is 13.8. The molecule has 0 heterocycles. The van der Waals surface area contributed by atoms with Gasteiger partial charge in [-0.1, -0.05) is 60.5 Å². The molecule has 13 heteroatoms. The van der Waals surface area contributed by atoms with E-state index in [0.29, 0.717) is 27.4 Å². The smallest absolute Gasteiger partial charge is 0.352 e. The molecular weight excluding hydrogens is 614 g/mol. The molecule has 226 valence electrons. The molecule has 0 aliphatic heterocycles. The third-order valence-corrected chi connectivity index (χ3v) is 8.96. The van der Waals surface area contributed by atoms with Crippen molar-refractivity contribution >= 4 is 50.7 Å². The van der Waals surface area contributed by atoms with E-state index in [1.54, 1.807) is 37.3 Å². The fraction of sp³-hybridized carbons (Fsp3) is 0.310. The van der Waals surface area contributed by atoms with Crippen molar-refractivity contribution in [1.82, 2.24) is 10.2 Å². The molecule has 0 unspecified atom stereocenters. The SMILES string of the molecule is CC[C@@H](C)NC(=O)[C@@H](C)N(Cc1ccc(Cl)cc1)C(=O)CN(c1ccc(Cl)c(C(F)(F)F)c1)S(=O)(=O)c1ccccc1. The summed E-state index contributed by atoms with van der Waals surface area (Å²) in [5.41, 5.74) is -1.09. The zero-order chi connectivity index (χ0) is 31.2. The maximum Gasteiger partial charge on any atom is 0.417 e. The molecule has 0 bridgehead atoms. The molecule has 0 aliphatic rings. The summed E-state index contributed by atoms with van der Waals surface area (Å²) in [5, 5.41) is 2.62. The first-order valence-electron chi connectivity index (χ1n) is 12.9. The lowest BCUT2D eigenvalue weighted by Crippen LogP contribution is -2.52. The van der Waals surface area contributed by atoms with Crippen LogP contribution in [0.15, 0.2) is 77.7 Å². The number of carbonyl (C=O) groups is 2. The Balaban J connectivity index is 2.10. The van der Waals surface area contributed by atoms with Crippen LogP contribution in [0.1, 0.15) is 38.3 Å². The summed E-state index contributed by atoms with van der Waals surface area (Å²) in [5.74, 6) is -1.30. The lowest BCUT2D eigenvalue weighted by atomic mass is 10.1. The minimum atomic E-state index is -4.89. The van der Waals surface area contributed by atoms with Gasteiger partial charge < -0.3 is 10.2 Å². The number of benzene rings is 3. The summed E-state index contributed by atoms with van der Waals surface area (Å²) in [6, 6.07) is 14.8. The van der Waals surface area contributed by atoms with E-state index in [1.165, 1.54) is 36.1 Å². The lowest BCUT2D eigenvalue weighted by molar-refractivity contribution is -0.139. The Kier molecular flexibility index (Phi) is 10.9. The quantitative estimate of drug-likeness (QED) is 0.257. The van der Waals surface area contributed by atoms with E-state index in [0.717, 1.165) is 12.1 Å². The second-order valence-electron chi connectivity index (χ2n) is 9.63. The molecule has 0 saturated carbocycles. The van der Waals surface area contributed by atoms with Crippen LogP contribution in [0.25, 0.3) is 0 Å². The predicted octanol–water partition coefficient (Wildman–Crippen LogP) is 6.54. The Morgan fingerprint density at radius 3 is 2.14 bits per heavy atom. The van der Waals surface area contributed by atoms with Gasteiger partial charge in [-0.3, -0.25) is 13.9 Å². The Morgan fingerprint density at radius 2 is 1.57 bits per heavy atom. The predicted molar refractivity (Wildman–Crippen MR) is 157 cm³/mol. The van der Waals surface area contributed by atoms with Gasteiger partial charge in [0.25, 0.3) is 10.0 Å². The van der Waals surface area contributed by atoms with Crippen LogP contribution >= 0.6 is 23.2 Å². The van der Waals surface area contributed by atoms with Crippen molar-refractivity contribution in [1.29, 1.82) is 0 Å². The number of hydrogen-bond acceptors (Lipinski definition) is 4. The zero-order valence-electron chi connectivity index (χ0n) is 23.0. The van der Waals surface area contributed by atoms with Crippen molar-refractivity contribution in [3.8, 4) is 0 Å². The Labute approximate surface area is 253 Å². The van der Waals surface area contributed by atoms with Gasteiger partial charge >= 0.3 is 6.18 Å². The Morgan fingerprint density at radius 1 is 0.952 bits per heavy atom. The van der Waals surface area contributed by atoms with Gasteiger partial charge in [0, 0.05) is 17.6 Å². The first kappa shape index (κ1) is 33.2. The second-order valence-corrected chi connectivity index (χ2v) is 12.3. The third kappa shape index (κ3) is 8.17. The van der Waals surface area contributed by atoms with Gasteiger partial charge in [0.05, 0.1) is 21.2 Å². The van der Waals surface area contributed by atoms with Crippen molar-refractivity contribution in [2.75, 3.05) is 10.8 Å². The van der Waals surface area contributed by atoms with Gasteiger partial charge in [-0.05, 0) is 68.3 Å². The number of amides is 2. The van der Waals surface area contributed by atoms with Crippen molar-refractivity contribution < 1.29 is 31.2 Å². The average Bonchev–Trinajstić information content (AvgIpc) is 2.95. The molecule has 0 aliphatic carbocycles. The van der Waals surface area contributed by atoms with Crippen LogP contribution in [0.5, 0.6) is 0 Å². The number of carbonyl (C=O) groups excluding carboxylic acids is 2. The largest absolute Gasteiger partial charge is 0.417 e. The van der Waals surface area contributed by atoms with E-state index >= 15 is 0 Å². The van der Waals surface area contributed by atoms with Crippen molar-refractivity contribution in [3.63, 3.8) is 0 Å². The molecule has 2 atom stereocenters. The molecule has 3 rings (SSSR count). The minimum absolute atomic E-state index is 0.0985. The minimum Gasteiger partial charge on any atom is -0.352 e. The van der Waals surface area contributed by atoms with E-state index in [1.807, 2.05) is 6.92 Å². The Hall–Kier alpha value is -3.28. The summed E-state index contributed by atoms with van der Waals surface area (Å²) in [6.07, 6.45) is -4.26. The van der Waals surface area contributed by atoms with Gasteiger partial charge in [-0.2, -0.15) is 13.2 Å². The van der Waals surface area contributed by atoms with Crippen molar-refractivity contribution in [3.05, 3.63) is 94.0 Å². The summed E-state index contributed by atoms with van der Waals surface area (Å²) in [4.78, 5) is 27.9. The lowest BCUT2D eigenvalue weighted by Gasteiger charge is -2.32. The standard InChI is InChI=1S/C29H30Cl2F3N3O4S/c1-4-19(2)35-28(39)20(3)36(17-21-10-12-22(30)13-11-21)27(38)18-37(42(40,41)24-8-6-5-7-9-24)23-14-15-26(31)25(16-23)29(32,33)34/h5-16,19-20H,4,17-18H2,1-3H3,(H,35,39)/t19-,20-/m1/s1. The first-order valence-corrected chi connectivity index (χ1v) is 15.1. The monoisotopic (exact) mass is 643 g/mol. The maximum absolute atomic E-state index is 13.9. The molecule has 3 aromatic carbocycles. The number of nitrogens with zero attached hydrogens (tertiary/aromatic N) is 2. The molecular formula is C29H30Cl2F3N3O4S. The summed E-state index contributed by atoms with van der Waals surface area (Å²) >= 11 is 11.8. The number of halogens is 5. The molecule has 42 heavy (non-hydrogen) atoms. The maximum atomic E-state index is 13.9. The molecule has 0 saturated heterocycles. The van der Waals surface area contributed by atoms with Crippen LogP contribution in [0.2, 0.25) is 10.0 Å². The summed E-state index contributed by atoms with van der Waals surface area (Å²) in [7, 11) is -4.55. The fourth-order valence-corrected chi connectivity index (χ4v) is 5.75. The number of nitrogens with one attached hydrogen (secondary N) is 1. The summed E-state index contributed by atoms with van der Waals surface area (Å²) < 4.78 is 69.3. The topological polar surface area (TPSA) is 86.8 Å². The number of hydrogen-bond donors (Lipinski definition) is 1. The number of sulfonamides is 1. The van der Waals surface area contributed by atoms with E-state index < -0.39 is 56.9 Å². The van der Waals surface area contributed by atoms with Gasteiger partial charge in [0.1, 0.15) is 12.6 Å². The highest BCUT2D eigenvalue weighted by atomic mass is 35.5. The van der Waals surface area contributed by atoms with E-state index in [4.69, 9.17) is 23.2 Å². The highest BCUT2D eigenvalue weighted by molar-refractivity contribution is 7.92. The number of anilines is 1.